The fraction of sp³-hybridized carbons (Fsp3) is 0.182. The average molecular weight is 430 g/mol. The summed E-state index contributed by atoms with van der Waals surface area (Å²) in [5.41, 5.74) is 7.99. The fourth-order valence-corrected chi connectivity index (χ4v) is 5.11. The van der Waals surface area contributed by atoms with Gasteiger partial charge in [-0.25, -0.2) is 9.59 Å². The molecule has 5 nitrogen and oxygen atoms in total. The number of thioether (sulfide) groups is 1. The molecule has 0 saturated carbocycles. The van der Waals surface area contributed by atoms with Crippen molar-refractivity contribution in [3.8, 4) is 0 Å². The summed E-state index contributed by atoms with van der Waals surface area (Å²) in [6.45, 7) is 3.80. The van der Waals surface area contributed by atoms with Crippen molar-refractivity contribution in [1.82, 2.24) is 0 Å². The number of carbonyl (C=O) groups is 2. The van der Waals surface area contributed by atoms with Gasteiger partial charge in [0.05, 0.1) is 0 Å². The van der Waals surface area contributed by atoms with Crippen molar-refractivity contribution in [2.45, 2.75) is 17.5 Å². The highest BCUT2D eigenvalue weighted by molar-refractivity contribution is 8.00. The predicted molar refractivity (Wildman–Crippen MR) is 116 cm³/mol. The molecule has 0 radical (unpaired) electrons. The summed E-state index contributed by atoms with van der Waals surface area (Å²) in [5.74, 6) is -0.153. The Morgan fingerprint density at radius 1 is 1.14 bits per heavy atom. The van der Waals surface area contributed by atoms with Crippen LogP contribution in [0.2, 0.25) is 0 Å². The van der Waals surface area contributed by atoms with Crippen molar-refractivity contribution in [1.29, 1.82) is 0 Å². The van der Waals surface area contributed by atoms with Gasteiger partial charge in [0.25, 0.3) is 0 Å². The molecule has 1 amide bonds. The number of esters is 1. The van der Waals surface area contributed by atoms with Gasteiger partial charge in [0.1, 0.15) is 6.20 Å². The van der Waals surface area contributed by atoms with Gasteiger partial charge in [-0.05, 0) is 23.8 Å². The van der Waals surface area contributed by atoms with Crippen molar-refractivity contribution in [3.63, 3.8) is 0 Å². The molecule has 2 heterocycles. The minimum atomic E-state index is -0.599. The molecule has 2 aliphatic rings. The van der Waals surface area contributed by atoms with Gasteiger partial charge < -0.3 is 10.5 Å². The summed E-state index contributed by atoms with van der Waals surface area (Å²) < 4.78 is 5.70. The Kier molecular flexibility index (Phi) is 6.29. The number of nitrogens with two attached hydrogens (primary N) is 1. The molecule has 3 atom stereocenters. The van der Waals surface area contributed by atoms with E-state index in [1.165, 1.54) is 6.20 Å². The van der Waals surface area contributed by atoms with Crippen LogP contribution in [0.1, 0.15) is 17.2 Å². The molecule has 150 valence electrons. The van der Waals surface area contributed by atoms with E-state index in [1.807, 2.05) is 60.7 Å². The van der Waals surface area contributed by atoms with Crippen LogP contribution >= 0.6 is 24.2 Å². The number of hydrogen-bond acceptors (Lipinski definition) is 5. The summed E-state index contributed by atoms with van der Waals surface area (Å²) in [5, 5.41) is -0.232. The fourth-order valence-electron chi connectivity index (χ4n) is 3.80. The number of quaternary nitrogens is 1. The van der Waals surface area contributed by atoms with Gasteiger partial charge >= 0.3 is 11.9 Å². The smallest absolute Gasteiger partial charge is 0.394 e. The number of rotatable bonds is 5. The largest absolute Gasteiger partial charge is 0.445 e. The first kappa shape index (κ1) is 21.3. The lowest BCUT2D eigenvalue weighted by atomic mass is 10.00. The first-order valence-corrected chi connectivity index (χ1v) is 10.1. The molecule has 4 rings (SSSR count). The van der Waals surface area contributed by atoms with Crippen molar-refractivity contribution >= 4 is 36.0 Å². The van der Waals surface area contributed by atoms with Crippen molar-refractivity contribution in [2.75, 3.05) is 5.75 Å². The van der Waals surface area contributed by atoms with Gasteiger partial charge in [-0.1, -0.05) is 72.4 Å². The van der Waals surface area contributed by atoms with Gasteiger partial charge in [-0.3, -0.25) is 0 Å². The van der Waals surface area contributed by atoms with Gasteiger partial charge in [-0.15, -0.1) is 12.4 Å². The second kappa shape index (κ2) is 8.55. The van der Waals surface area contributed by atoms with Crippen LogP contribution < -0.4 is 5.73 Å². The first-order valence-electron chi connectivity index (χ1n) is 9.05. The third-order valence-corrected chi connectivity index (χ3v) is 6.55. The Hall–Kier alpha value is -2.38. The summed E-state index contributed by atoms with van der Waals surface area (Å²) in [7, 11) is 0. The monoisotopic (exact) mass is 429 g/mol. The summed E-state index contributed by atoms with van der Waals surface area (Å²) in [6.07, 6.45) is 2.68. The van der Waals surface area contributed by atoms with Gasteiger partial charge in [0.15, 0.2) is 17.5 Å². The number of nitrogens with zero attached hydrogens (tertiary/aromatic N) is 1. The number of fused-ring (bicyclic) bond motifs is 1. The SMILES string of the molecule is C=C[N+]12C(=O)C(N)[C@@H]1SCC=C2C(=O)OC(c1ccccc1)c1ccccc1.Cl. The normalized spacial score (nSPS) is 25.2. The van der Waals surface area contributed by atoms with E-state index in [9.17, 15) is 9.59 Å². The van der Waals surface area contributed by atoms with Crippen molar-refractivity contribution in [3.05, 3.63) is 96.3 Å². The maximum atomic E-state index is 13.2. The number of ether oxygens (including phenoxy) is 1. The maximum absolute atomic E-state index is 13.2. The minimum absolute atomic E-state index is 0. The van der Waals surface area contributed by atoms with E-state index >= 15 is 0 Å². The van der Waals surface area contributed by atoms with Crippen LogP contribution in [-0.2, 0) is 14.3 Å². The molecule has 0 aromatic heterocycles. The summed E-state index contributed by atoms with van der Waals surface area (Å²) in [6, 6.07) is 18.5. The number of hydrogen-bond donors (Lipinski definition) is 1. The van der Waals surface area contributed by atoms with Crippen LogP contribution in [0.3, 0.4) is 0 Å². The van der Waals surface area contributed by atoms with E-state index in [0.29, 0.717) is 11.4 Å². The highest BCUT2D eigenvalue weighted by Crippen LogP contribution is 2.46. The van der Waals surface area contributed by atoms with Gasteiger partial charge in [0.2, 0.25) is 5.70 Å². The maximum Gasteiger partial charge on any atom is 0.394 e. The van der Waals surface area contributed by atoms with Crippen LogP contribution in [0.15, 0.2) is 85.2 Å². The van der Waals surface area contributed by atoms with Gasteiger partial charge in [0, 0.05) is 5.75 Å². The summed E-state index contributed by atoms with van der Waals surface area (Å²) in [4.78, 5) is 25.8. The molecule has 7 heteroatoms. The molecule has 1 saturated heterocycles. The third-order valence-electron chi connectivity index (χ3n) is 5.23. The van der Waals surface area contributed by atoms with Crippen molar-refractivity contribution in [2.24, 2.45) is 5.73 Å². The van der Waals surface area contributed by atoms with Crippen LogP contribution in [0.5, 0.6) is 0 Å². The molecule has 0 spiro atoms. The Morgan fingerprint density at radius 2 is 1.69 bits per heavy atom. The Morgan fingerprint density at radius 3 is 2.21 bits per heavy atom. The molecule has 29 heavy (non-hydrogen) atoms. The summed E-state index contributed by atoms with van der Waals surface area (Å²) >= 11 is 1.55. The average Bonchev–Trinajstić information content (AvgIpc) is 2.76. The van der Waals surface area contributed by atoms with E-state index in [-0.39, 0.29) is 28.2 Å². The molecule has 2 aromatic carbocycles. The van der Waals surface area contributed by atoms with Crippen LogP contribution in [0.4, 0.5) is 0 Å². The zero-order valence-electron chi connectivity index (χ0n) is 15.6. The quantitative estimate of drug-likeness (QED) is 0.447. The number of β-lactam (4-membered cyclic amide) rings is 1. The molecule has 2 aliphatic heterocycles. The first-order chi connectivity index (χ1) is 13.6. The number of halogens is 1. The van der Waals surface area contributed by atoms with Gasteiger partial charge in [-0.2, -0.15) is 4.48 Å². The topological polar surface area (TPSA) is 69.4 Å². The lowest BCUT2D eigenvalue weighted by molar-refractivity contribution is -0.802. The highest BCUT2D eigenvalue weighted by Gasteiger charge is 2.67. The number of carbonyl (C=O) groups excluding carboxylic acids is 2. The van der Waals surface area contributed by atoms with E-state index in [0.717, 1.165) is 11.1 Å². The molecule has 0 bridgehead atoms. The van der Waals surface area contributed by atoms with Crippen LogP contribution in [-0.4, -0.2) is 33.5 Å². The van der Waals surface area contributed by atoms with E-state index in [1.54, 1.807) is 17.8 Å². The highest BCUT2D eigenvalue weighted by atomic mass is 35.5. The zero-order valence-corrected chi connectivity index (χ0v) is 17.3. The van der Waals surface area contributed by atoms with Crippen LogP contribution in [0, 0.1) is 0 Å². The van der Waals surface area contributed by atoms with E-state index < -0.39 is 18.1 Å². The molecule has 2 aromatic rings. The van der Waals surface area contributed by atoms with Crippen LogP contribution in [0.25, 0.3) is 0 Å². The van der Waals surface area contributed by atoms with E-state index in [2.05, 4.69) is 6.58 Å². The lowest BCUT2D eigenvalue weighted by Crippen LogP contribution is -2.77. The van der Waals surface area contributed by atoms with Crippen molar-refractivity contribution < 1.29 is 18.8 Å². The van der Waals surface area contributed by atoms with E-state index in [4.69, 9.17) is 10.5 Å². The third kappa shape index (κ3) is 3.42. The Labute approximate surface area is 180 Å². The second-order valence-electron chi connectivity index (χ2n) is 6.74. The molecule has 2 unspecified atom stereocenters. The zero-order chi connectivity index (χ0) is 19.7. The standard InChI is InChI=1S/C22H21N2O3S.ClH/c1-2-24-17(13-14-28-21(24)18(23)20(24)25)22(26)27-19(15-9-5-3-6-10-15)16-11-7-4-8-12-16;/h2-13,18-19,21H,1,14,23H2;1H/q+1;/t18?,21-,24?;/m0./s1. The number of amides is 1. The predicted octanol–water partition coefficient (Wildman–Crippen LogP) is 3.53. The molecule has 2 N–H and O–H groups in total. The molecule has 1 fully saturated rings. The lowest BCUT2D eigenvalue weighted by Gasteiger charge is -2.50. The molecular weight excluding hydrogens is 408 g/mol. The second-order valence-corrected chi connectivity index (χ2v) is 7.89. The Bertz CT molecular complexity index is 912. The molecule has 0 aliphatic carbocycles. The minimum Gasteiger partial charge on any atom is -0.445 e. The Balaban J connectivity index is 0.00000240. The molecular formula is C22H22ClN2O3S+. The number of benzene rings is 2.